The molecule has 0 aliphatic rings. The zero-order chi connectivity index (χ0) is 9.84. The molecule has 0 radical (unpaired) electrons. The van der Waals surface area contributed by atoms with Crippen LogP contribution in [0.4, 0.5) is 0 Å². The van der Waals surface area contributed by atoms with E-state index in [1.165, 1.54) is 0 Å². The highest BCUT2D eigenvalue weighted by atomic mass is 16.4. The Labute approximate surface area is 71.4 Å². The minimum atomic E-state index is -1.27. The molecule has 1 heterocycles. The molecule has 0 unspecified atom stereocenters. The first-order valence-electron chi connectivity index (χ1n) is 3.47. The first-order chi connectivity index (χ1) is 6.09. The second kappa shape index (κ2) is 3.65. The Bertz CT molecular complexity index is 418. The molecule has 0 aromatic carbocycles. The molecule has 2 N–H and O–H groups in total. The molecule has 1 aromatic heterocycles. The lowest BCUT2D eigenvalue weighted by Crippen LogP contribution is -2.29. The van der Waals surface area contributed by atoms with Gasteiger partial charge >= 0.3 is 5.69 Å². The molecular formula is C6H6N3O4-. The second-order valence-corrected chi connectivity index (χ2v) is 2.33. The number of aryl methyl sites for hydroxylation is 1. The monoisotopic (exact) mass is 184 g/mol. The number of carboxylic acid groups (broad SMARTS) is 1. The van der Waals surface area contributed by atoms with Crippen LogP contribution in [0.3, 0.4) is 0 Å². The Kier molecular flexibility index (Phi) is 2.58. The van der Waals surface area contributed by atoms with E-state index >= 15 is 0 Å². The highest BCUT2D eigenvalue weighted by Gasteiger charge is 2.01. The second-order valence-electron chi connectivity index (χ2n) is 2.33. The van der Waals surface area contributed by atoms with E-state index in [9.17, 15) is 19.5 Å². The van der Waals surface area contributed by atoms with Crippen LogP contribution in [0.25, 0.3) is 0 Å². The summed E-state index contributed by atoms with van der Waals surface area (Å²) >= 11 is 0. The average Bonchev–Trinajstić information content (AvgIpc) is 2.02. The van der Waals surface area contributed by atoms with Gasteiger partial charge in [-0.05, 0) is 6.42 Å². The summed E-state index contributed by atoms with van der Waals surface area (Å²) < 4.78 is 0. The molecule has 0 aliphatic carbocycles. The van der Waals surface area contributed by atoms with Crippen molar-refractivity contribution in [2.24, 2.45) is 0 Å². The van der Waals surface area contributed by atoms with Gasteiger partial charge in [0, 0.05) is 12.4 Å². The summed E-state index contributed by atoms with van der Waals surface area (Å²) in [6.07, 6.45) is -0.365. The fraction of sp³-hybridized carbons (Fsp3) is 0.333. The zero-order valence-electron chi connectivity index (χ0n) is 6.49. The summed E-state index contributed by atoms with van der Waals surface area (Å²) in [5.41, 5.74) is -1.42. The lowest BCUT2D eigenvalue weighted by Gasteiger charge is -1.98. The highest BCUT2D eigenvalue weighted by Crippen LogP contribution is 1.87. The van der Waals surface area contributed by atoms with E-state index in [0.29, 0.717) is 0 Å². The molecule has 0 saturated heterocycles. The molecule has 7 heteroatoms. The van der Waals surface area contributed by atoms with Gasteiger partial charge in [-0.2, -0.15) is 5.10 Å². The van der Waals surface area contributed by atoms with E-state index in [1.807, 2.05) is 10.1 Å². The van der Waals surface area contributed by atoms with Gasteiger partial charge in [-0.15, -0.1) is 0 Å². The summed E-state index contributed by atoms with van der Waals surface area (Å²) in [5, 5.41) is 15.4. The third-order valence-electron chi connectivity index (χ3n) is 1.35. The standard InChI is InChI=1S/C6H7N3O4/c10-4(11)2-1-3-5(12)7-6(13)9-8-3/h1-2H2,(H,10,11)(H2,7,9,12,13)/p-1. The first-order valence-corrected chi connectivity index (χ1v) is 3.47. The van der Waals surface area contributed by atoms with Crippen LogP contribution in [-0.2, 0) is 11.2 Å². The van der Waals surface area contributed by atoms with E-state index in [4.69, 9.17) is 0 Å². The summed E-state index contributed by atoms with van der Waals surface area (Å²) in [6.45, 7) is 0. The van der Waals surface area contributed by atoms with Crippen LogP contribution >= 0.6 is 0 Å². The van der Waals surface area contributed by atoms with Gasteiger partial charge in [-0.25, -0.2) is 9.89 Å². The molecule has 0 spiro atoms. The van der Waals surface area contributed by atoms with Crippen molar-refractivity contribution in [3.05, 3.63) is 26.5 Å². The molecule has 1 aromatic rings. The van der Waals surface area contributed by atoms with Crippen LogP contribution in [0.1, 0.15) is 12.1 Å². The van der Waals surface area contributed by atoms with Crippen LogP contribution in [0.15, 0.2) is 9.59 Å². The Balaban J connectivity index is 2.84. The fourth-order valence-electron chi connectivity index (χ4n) is 0.762. The number of nitrogens with one attached hydrogen (secondary N) is 2. The Hall–Kier alpha value is -1.92. The van der Waals surface area contributed by atoms with E-state index in [0.717, 1.165) is 0 Å². The van der Waals surface area contributed by atoms with Crippen molar-refractivity contribution in [3.8, 4) is 0 Å². The Morgan fingerprint density at radius 1 is 1.46 bits per heavy atom. The maximum Gasteiger partial charge on any atom is 0.342 e. The van der Waals surface area contributed by atoms with Gasteiger partial charge in [0.15, 0.2) is 0 Å². The van der Waals surface area contributed by atoms with Gasteiger partial charge in [0.2, 0.25) is 0 Å². The van der Waals surface area contributed by atoms with Crippen molar-refractivity contribution in [2.75, 3.05) is 0 Å². The van der Waals surface area contributed by atoms with E-state index in [-0.39, 0.29) is 18.5 Å². The number of carbonyl (C=O) groups is 1. The molecule has 1 rings (SSSR count). The SMILES string of the molecule is O=C([O-])CCc1n[nH]c(=O)[nH]c1=O. The van der Waals surface area contributed by atoms with Crippen LogP contribution in [0.2, 0.25) is 0 Å². The van der Waals surface area contributed by atoms with Crippen molar-refractivity contribution in [1.82, 2.24) is 15.2 Å². The predicted molar refractivity (Wildman–Crippen MR) is 38.8 cm³/mol. The fourth-order valence-corrected chi connectivity index (χ4v) is 0.762. The number of hydrogen-bond donors (Lipinski definition) is 2. The van der Waals surface area contributed by atoms with Gasteiger partial charge in [-0.1, -0.05) is 0 Å². The van der Waals surface area contributed by atoms with Crippen LogP contribution in [-0.4, -0.2) is 21.2 Å². The van der Waals surface area contributed by atoms with E-state index in [2.05, 4.69) is 5.10 Å². The van der Waals surface area contributed by atoms with Gasteiger partial charge in [-0.3, -0.25) is 9.78 Å². The predicted octanol–water partition coefficient (Wildman–Crippen LogP) is -2.86. The average molecular weight is 184 g/mol. The summed E-state index contributed by atoms with van der Waals surface area (Å²) in [5.74, 6) is -1.27. The molecular weight excluding hydrogens is 178 g/mol. The van der Waals surface area contributed by atoms with Crippen molar-refractivity contribution in [1.29, 1.82) is 0 Å². The number of carboxylic acids is 1. The van der Waals surface area contributed by atoms with Crippen molar-refractivity contribution >= 4 is 5.97 Å². The number of hydrogen-bond acceptors (Lipinski definition) is 5. The van der Waals surface area contributed by atoms with Crippen molar-refractivity contribution in [3.63, 3.8) is 0 Å². The third kappa shape index (κ3) is 2.55. The van der Waals surface area contributed by atoms with Crippen LogP contribution in [0, 0.1) is 0 Å². The maximum absolute atomic E-state index is 10.9. The number of rotatable bonds is 3. The van der Waals surface area contributed by atoms with Crippen molar-refractivity contribution < 1.29 is 9.90 Å². The molecule has 0 fully saturated rings. The molecule has 13 heavy (non-hydrogen) atoms. The number of H-pyrrole nitrogens is 2. The summed E-state index contributed by atoms with van der Waals surface area (Å²) in [7, 11) is 0. The van der Waals surface area contributed by atoms with Crippen LogP contribution in [0.5, 0.6) is 0 Å². The minimum Gasteiger partial charge on any atom is -0.550 e. The largest absolute Gasteiger partial charge is 0.550 e. The summed E-state index contributed by atoms with van der Waals surface area (Å²) in [6, 6.07) is 0. The Morgan fingerprint density at radius 2 is 2.15 bits per heavy atom. The Morgan fingerprint density at radius 3 is 2.69 bits per heavy atom. The van der Waals surface area contributed by atoms with E-state index < -0.39 is 17.2 Å². The molecule has 0 amide bonds. The number of nitrogens with zero attached hydrogens (tertiary/aromatic N) is 1. The molecule has 7 nitrogen and oxygen atoms in total. The number of aromatic amines is 2. The molecule has 0 atom stereocenters. The van der Waals surface area contributed by atoms with Gasteiger partial charge in [0.1, 0.15) is 5.69 Å². The summed E-state index contributed by atoms with van der Waals surface area (Å²) in [4.78, 5) is 33.3. The van der Waals surface area contributed by atoms with Crippen molar-refractivity contribution in [2.45, 2.75) is 12.8 Å². The highest BCUT2D eigenvalue weighted by molar-refractivity contribution is 5.64. The van der Waals surface area contributed by atoms with Crippen LogP contribution < -0.4 is 16.4 Å². The molecule has 0 aliphatic heterocycles. The van der Waals surface area contributed by atoms with Gasteiger partial charge < -0.3 is 9.90 Å². The number of aromatic nitrogens is 3. The lowest BCUT2D eigenvalue weighted by atomic mass is 10.2. The molecule has 70 valence electrons. The quantitative estimate of drug-likeness (QED) is 0.523. The first kappa shape index (κ1) is 9.17. The molecule has 0 bridgehead atoms. The zero-order valence-corrected chi connectivity index (χ0v) is 6.49. The minimum absolute atomic E-state index is 0.0243. The molecule has 0 saturated carbocycles. The number of aliphatic carboxylic acids is 1. The van der Waals surface area contributed by atoms with Gasteiger partial charge in [0.05, 0.1) is 0 Å². The lowest BCUT2D eigenvalue weighted by molar-refractivity contribution is -0.305. The maximum atomic E-state index is 10.9. The smallest absolute Gasteiger partial charge is 0.342 e. The van der Waals surface area contributed by atoms with E-state index in [1.54, 1.807) is 0 Å². The third-order valence-corrected chi connectivity index (χ3v) is 1.35. The van der Waals surface area contributed by atoms with Gasteiger partial charge in [0.25, 0.3) is 5.56 Å². The topological polar surface area (TPSA) is 119 Å². The number of carbonyl (C=O) groups excluding carboxylic acids is 1. The normalized spacial score (nSPS) is 9.85.